The molecule has 8 heteroatoms. The summed E-state index contributed by atoms with van der Waals surface area (Å²) in [5.41, 5.74) is 4.12. The van der Waals surface area contributed by atoms with Crippen molar-refractivity contribution >= 4 is 11.0 Å². The molecule has 176 valence electrons. The second-order valence-electron chi connectivity index (χ2n) is 9.03. The fourth-order valence-corrected chi connectivity index (χ4v) is 4.74. The van der Waals surface area contributed by atoms with E-state index in [0.29, 0.717) is 39.9 Å². The number of nitrogens with zero attached hydrogens (tertiary/aromatic N) is 4. The number of aryl methyl sites for hydroxylation is 2. The molecule has 0 aliphatic heterocycles. The molecule has 0 spiro atoms. The quantitative estimate of drug-likeness (QED) is 0.369. The van der Waals surface area contributed by atoms with E-state index in [2.05, 4.69) is 26.2 Å². The van der Waals surface area contributed by atoms with Gasteiger partial charge in [-0.15, -0.1) is 0 Å². The number of rotatable bonds is 6. The van der Waals surface area contributed by atoms with Crippen LogP contribution in [-0.2, 0) is 5.60 Å². The van der Waals surface area contributed by atoms with E-state index < -0.39 is 5.60 Å². The van der Waals surface area contributed by atoms with Gasteiger partial charge in [-0.3, -0.25) is 4.98 Å². The number of ether oxygens (including phenoxy) is 1. The zero-order valence-corrected chi connectivity index (χ0v) is 19.7. The summed E-state index contributed by atoms with van der Waals surface area (Å²) in [6.45, 7) is 3.80. The average molecular weight is 468 g/mol. The molecule has 35 heavy (non-hydrogen) atoms. The molecular weight excluding hydrogens is 442 g/mol. The Morgan fingerprint density at radius 3 is 2.60 bits per heavy atom. The maximum Gasteiger partial charge on any atom is 0.212 e. The Labute approximate surface area is 202 Å². The molecule has 5 aromatic rings. The minimum absolute atomic E-state index is 0.420. The molecule has 2 N–H and O–H groups in total. The van der Waals surface area contributed by atoms with Gasteiger partial charge in [-0.1, -0.05) is 11.2 Å². The Balaban J connectivity index is 1.68. The smallest absolute Gasteiger partial charge is 0.212 e. The molecule has 1 aliphatic carbocycles. The standard InChI is InChI=1S/C27H25N5O3/c1-15-24(16(2)35-32-15)18-12-20(25-21(13-18)30-26(31-25)17-7-8-17)27(33,22-6-4-5-11-28-22)19-9-10-23(34-3)29-14-19/h4-6,9-14,17,33H,7-8H2,1-3H3,(H,30,31). The Morgan fingerprint density at radius 1 is 1.11 bits per heavy atom. The second kappa shape index (κ2) is 8.02. The summed E-state index contributed by atoms with van der Waals surface area (Å²) in [5, 5.41) is 16.7. The highest BCUT2D eigenvalue weighted by Gasteiger charge is 2.39. The fourth-order valence-electron chi connectivity index (χ4n) is 4.74. The van der Waals surface area contributed by atoms with E-state index in [-0.39, 0.29) is 0 Å². The van der Waals surface area contributed by atoms with Crippen LogP contribution in [0.25, 0.3) is 22.2 Å². The zero-order valence-electron chi connectivity index (χ0n) is 19.7. The number of H-pyrrole nitrogens is 1. The highest BCUT2D eigenvalue weighted by Crippen LogP contribution is 2.44. The predicted molar refractivity (Wildman–Crippen MR) is 130 cm³/mol. The molecule has 1 fully saturated rings. The predicted octanol–water partition coefficient (Wildman–Crippen LogP) is 4.79. The van der Waals surface area contributed by atoms with Crippen molar-refractivity contribution in [2.45, 2.75) is 38.2 Å². The van der Waals surface area contributed by atoms with Crippen LogP contribution in [0.1, 0.15) is 52.9 Å². The van der Waals surface area contributed by atoms with Crippen molar-refractivity contribution in [3.8, 4) is 17.0 Å². The monoisotopic (exact) mass is 467 g/mol. The molecule has 0 radical (unpaired) electrons. The van der Waals surface area contributed by atoms with Crippen molar-refractivity contribution in [1.29, 1.82) is 0 Å². The van der Waals surface area contributed by atoms with Gasteiger partial charge in [-0.05, 0) is 62.6 Å². The van der Waals surface area contributed by atoms with Crippen molar-refractivity contribution in [2.24, 2.45) is 0 Å². The largest absolute Gasteiger partial charge is 0.481 e. The molecule has 0 amide bonds. The third-order valence-corrected chi connectivity index (χ3v) is 6.68. The topological polar surface area (TPSA) is 110 Å². The van der Waals surface area contributed by atoms with Gasteiger partial charge in [-0.25, -0.2) is 9.97 Å². The lowest BCUT2D eigenvalue weighted by atomic mass is 9.81. The normalized spacial score (nSPS) is 15.3. The van der Waals surface area contributed by atoms with Crippen LogP contribution in [0.2, 0.25) is 0 Å². The summed E-state index contributed by atoms with van der Waals surface area (Å²) in [6.07, 6.45) is 5.51. The van der Waals surface area contributed by atoms with Crippen LogP contribution in [0, 0.1) is 13.8 Å². The highest BCUT2D eigenvalue weighted by molar-refractivity contribution is 5.88. The fraction of sp³-hybridized carbons (Fsp3) is 0.259. The maximum atomic E-state index is 12.6. The van der Waals surface area contributed by atoms with Crippen LogP contribution in [0.4, 0.5) is 0 Å². The molecule has 0 bridgehead atoms. The van der Waals surface area contributed by atoms with Gasteiger partial charge in [0.25, 0.3) is 0 Å². The number of hydrogen-bond acceptors (Lipinski definition) is 7. The van der Waals surface area contributed by atoms with Crippen LogP contribution >= 0.6 is 0 Å². The summed E-state index contributed by atoms with van der Waals surface area (Å²) in [5.74, 6) is 2.53. The van der Waals surface area contributed by atoms with Crippen molar-refractivity contribution in [3.63, 3.8) is 0 Å². The number of hydrogen-bond donors (Lipinski definition) is 2. The molecule has 1 atom stereocenters. The lowest BCUT2D eigenvalue weighted by molar-refractivity contribution is 0.122. The minimum atomic E-state index is -1.62. The first-order chi connectivity index (χ1) is 17.0. The number of aromatic amines is 1. The van der Waals surface area contributed by atoms with Crippen LogP contribution in [0.5, 0.6) is 5.88 Å². The molecule has 1 saturated carbocycles. The van der Waals surface area contributed by atoms with E-state index in [1.165, 1.54) is 0 Å². The molecule has 4 heterocycles. The van der Waals surface area contributed by atoms with Gasteiger partial charge in [0.2, 0.25) is 5.88 Å². The zero-order chi connectivity index (χ0) is 24.2. The third-order valence-electron chi connectivity index (χ3n) is 6.68. The number of aromatic nitrogens is 5. The van der Waals surface area contributed by atoms with Gasteiger partial charge in [-0.2, -0.15) is 0 Å². The summed E-state index contributed by atoms with van der Waals surface area (Å²) < 4.78 is 10.7. The lowest BCUT2D eigenvalue weighted by Gasteiger charge is -2.29. The number of fused-ring (bicyclic) bond motifs is 1. The molecule has 1 unspecified atom stereocenters. The second-order valence-corrected chi connectivity index (χ2v) is 9.03. The van der Waals surface area contributed by atoms with E-state index in [4.69, 9.17) is 14.2 Å². The summed E-state index contributed by atoms with van der Waals surface area (Å²) in [4.78, 5) is 17.4. The van der Waals surface area contributed by atoms with Crippen molar-refractivity contribution < 1.29 is 14.4 Å². The molecular formula is C27H25N5O3. The average Bonchev–Trinajstić information content (AvgIpc) is 3.57. The molecule has 4 aromatic heterocycles. The number of methoxy groups -OCH3 is 1. The summed E-state index contributed by atoms with van der Waals surface area (Å²) in [7, 11) is 1.56. The molecule has 1 aromatic carbocycles. The van der Waals surface area contributed by atoms with Crippen LogP contribution in [0.15, 0.2) is 59.4 Å². The molecule has 8 nitrogen and oxygen atoms in total. The SMILES string of the molecule is COc1ccc(C(O)(c2ccccn2)c2cc(-c3c(C)noc3C)cc3[nH]c(C4CC4)nc23)cn1. The van der Waals surface area contributed by atoms with E-state index in [0.717, 1.165) is 41.0 Å². The Hall–Kier alpha value is -4.04. The van der Waals surface area contributed by atoms with E-state index in [9.17, 15) is 5.11 Å². The minimum Gasteiger partial charge on any atom is -0.481 e. The number of pyridine rings is 2. The molecule has 0 saturated heterocycles. The third kappa shape index (κ3) is 3.49. The molecule has 6 rings (SSSR count). The molecule has 1 aliphatic rings. The van der Waals surface area contributed by atoms with Crippen LogP contribution in [-0.4, -0.2) is 37.3 Å². The van der Waals surface area contributed by atoms with Gasteiger partial charge >= 0.3 is 0 Å². The number of imidazole rings is 1. The summed E-state index contributed by atoms with van der Waals surface area (Å²) in [6, 6.07) is 13.1. The van der Waals surface area contributed by atoms with Gasteiger partial charge in [0.15, 0.2) is 5.60 Å². The number of nitrogens with one attached hydrogen (secondary N) is 1. The number of benzene rings is 1. The van der Waals surface area contributed by atoms with Gasteiger partial charge in [0.05, 0.1) is 29.5 Å². The Morgan fingerprint density at radius 2 is 1.97 bits per heavy atom. The van der Waals surface area contributed by atoms with Crippen molar-refractivity contribution in [1.82, 2.24) is 25.1 Å². The van der Waals surface area contributed by atoms with Crippen LogP contribution < -0.4 is 4.74 Å². The van der Waals surface area contributed by atoms with E-state index >= 15 is 0 Å². The Bertz CT molecular complexity index is 1500. The van der Waals surface area contributed by atoms with Gasteiger partial charge in [0, 0.05) is 41.1 Å². The van der Waals surface area contributed by atoms with Crippen molar-refractivity contribution in [3.05, 3.63) is 89.0 Å². The number of aliphatic hydroxyl groups is 1. The maximum absolute atomic E-state index is 12.6. The first kappa shape index (κ1) is 21.5. The van der Waals surface area contributed by atoms with Gasteiger partial charge < -0.3 is 19.4 Å². The van der Waals surface area contributed by atoms with E-state index in [1.54, 1.807) is 25.6 Å². The van der Waals surface area contributed by atoms with Crippen molar-refractivity contribution in [2.75, 3.05) is 7.11 Å². The highest BCUT2D eigenvalue weighted by atomic mass is 16.5. The summed E-state index contributed by atoms with van der Waals surface area (Å²) >= 11 is 0. The lowest BCUT2D eigenvalue weighted by Crippen LogP contribution is -2.30. The first-order valence-electron chi connectivity index (χ1n) is 11.6. The van der Waals surface area contributed by atoms with Gasteiger partial charge in [0.1, 0.15) is 11.6 Å². The van der Waals surface area contributed by atoms with E-state index in [1.807, 2.05) is 44.2 Å². The Kier molecular flexibility index (Phi) is 4.93. The van der Waals surface area contributed by atoms with Crippen LogP contribution in [0.3, 0.4) is 0 Å². The first-order valence-corrected chi connectivity index (χ1v) is 11.6.